The topological polar surface area (TPSA) is 31.4 Å². The monoisotopic (exact) mass is 313 g/mol. The van der Waals surface area contributed by atoms with E-state index >= 15 is 0 Å². The third kappa shape index (κ3) is 2.18. The van der Waals surface area contributed by atoms with Gasteiger partial charge in [-0.05, 0) is 31.0 Å². The van der Waals surface area contributed by atoms with E-state index < -0.39 is 0 Å². The Bertz CT molecular complexity index is 847. The van der Waals surface area contributed by atoms with E-state index in [9.17, 15) is 0 Å². The predicted molar refractivity (Wildman–Crippen MR) is 90.0 cm³/mol. The van der Waals surface area contributed by atoms with Gasteiger partial charge in [0.05, 0.1) is 11.2 Å². The van der Waals surface area contributed by atoms with E-state index in [4.69, 9.17) is 14.5 Å². The van der Waals surface area contributed by atoms with Gasteiger partial charge in [0, 0.05) is 17.0 Å². The Hall–Kier alpha value is -2.26. The largest absolute Gasteiger partial charge is 0.454 e. The van der Waals surface area contributed by atoms with E-state index in [1.165, 1.54) is 11.1 Å². The molecule has 1 aliphatic rings. The average Bonchev–Trinajstić information content (AvgIpc) is 2.97. The lowest BCUT2D eigenvalue weighted by Crippen LogP contribution is -1.94. The summed E-state index contributed by atoms with van der Waals surface area (Å²) in [4.78, 5) is 4.85. The van der Waals surface area contributed by atoms with Crippen LogP contribution in [0.25, 0.3) is 22.2 Å². The standard InChI is InChI=1S/C18H15NO2.ClH/c1-11-12(2)18(13-6-4-3-5-7-13)19-15-9-17-16(8-14(11)15)20-10-21-17;/h3-9H,10H2,1-2H3;1H. The summed E-state index contributed by atoms with van der Waals surface area (Å²) in [5.41, 5.74) is 5.54. The fraction of sp³-hybridized carbons (Fsp3) is 0.167. The number of hydrogen-bond donors (Lipinski definition) is 0. The molecule has 0 unspecified atom stereocenters. The Morgan fingerprint density at radius 3 is 2.32 bits per heavy atom. The minimum absolute atomic E-state index is 0. The number of rotatable bonds is 1. The number of hydrogen-bond acceptors (Lipinski definition) is 3. The first-order chi connectivity index (χ1) is 10.2. The lowest BCUT2D eigenvalue weighted by molar-refractivity contribution is 0.174. The minimum atomic E-state index is 0. The number of ether oxygens (including phenoxy) is 2. The van der Waals surface area contributed by atoms with Gasteiger partial charge >= 0.3 is 0 Å². The van der Waals surface area contributed by atoms with Crippen LogP contribution in [-0.4, -0.2) is 11.8 Å². The molecule has 3 nitrogen and oxygen atoms in total. The van der Waals surface area contributed by atoms with Crippen LogP contribution in [0.2, 0.25) is 0 Å². The molecule has 22 heavy (non-hydrogen) atoms. The lowest BCUT2D eigenvalue weighted by Gasteiger charge is -2.12. The van der Waals surface area contributed by atoms with Crippen molar-refractivity contribution in [2.45, 2.75) is 13.8 Å². The number of pyridine rings is 1. The van der Waals surface area contributed by atoms with Crippen molar-refractivity contribution in [3.05, 3.63) is 53.6 Å². The first-order valence-electron chi connectivity index (χ1n) is 7.00. The Labute approximate surface area is 135 Å². The highest BCUT2D eigenvalue weighted by Crippen LogP contribution is 2.38. The second-order valence-corrected chi connectivity index (χ2v) is 5.30. The Kier molecular flexibility index (Phi) is 3.67. The highest BCUT2D eigenvalue weighted by atomic mass is 35.5. The summed E-state index contributed by atoms with van der Waals surface area (Å²) in [6, 6.07) is 14.3. The molecule has 4 heteroatoms. The van der Waals surface area contributed by atoms with Gasteiger partial charge in [-0.25, -0.2) is 4.98 Å². The molecule has 0 radical (unpaired) electrons. The molecule has 2 heterocycles. The molecule has 0 bridgehead atoms. The first kappa shape index (κ1) is 14.7. The van der Waals surface area contributed by atoms with Crippen LogP contribution in [0.1, 0.15) is 11.1 Å². The van der Waals surface area contributed by atoms with Crippen molar-refractivity contribution < 1.29 is 9.47 Å². The first-order valence-corrected chi connectivity index (χ1v) is 7.00. The molecule has 112 valence electrons. The lowest BCUT2D eigenvalue weighted by atomic mass is 9.98. The van der Waals surface area contributed by atoms with Crippen molar-refractivity contribution >= 4 is 23.3 Å². The Morgan fingerprint density at radius 2 is 1.59 bits per heavy atom. The summed E-state index contributed by atoms with van der Waals surface area (Å²) >= 11 is 0. The zero-order valence-electron chi connectivity index (χ0n) is 12.4. The van der Waals surface area contributed by atoms with Gasteiger partial charge in [-0.3, -0.25) is 0 Å². The van der Waals surface area contributed by atoms with Crippen molar-refractivity contribution in [1.29, 1.82) is 0 Å². The van der Waals surface area contributed by atoms with Gasteiger partial charge in [0.1, 0.15) is 0 Å². The van der Waals surface area contributed by atoms with Crippen LogP contribution >= 0.6 is 12.4 Å². The van der Waals surface area contributed by atoms with Gasteiger partial charge in [-0.15, -0.1) is 12.4 Å². The molecule has 1 aromatic heterocycles. The summed E-state index contributed by atoms with van der Waals surface area (Å²) in [6.07, 6.45) is 0. The van der Waals surface area contributed by atoms with Gasteiger partial charge in [-0.2, -0.15) is 0 Å². The highest BCUT2D eigenvalue weighted by molar-refractivity contribution is 5.89. The summed E-state index contributed by atoms with van der Waals surface area (Å²) < 4.78 is 10.9. The molecule has 0 fully saturated rings. The van der Waals surface area contributed by atoms with Gasteiger partial charge in [0.2, 0.25) is 6.79 Å². The maximum Gasteiger partial charge on any atom is 0.231 e. The zero-order valence-corrected chi connectivity index (χ0v) is 13.2. The molecule has 0 spiro atoms. The summed E-state index contributed by atoms with van der Waals surface area (Å²) in [7, 11) is 0. The summed E-state index contributed by atoms with van der Waals surface area (Å²) in [5, 5.41) is 1.12. The second-order valence-electron chi connectivity index (χ2n) is 5.30. The second kappa shape index (κ2) is 5.50. The molecular formula is C18H16ClNO2. The van der Waals surface area contributed by atoms with Gasteiger partial charge in [-0.1, -0.05) is 30.3 Å². The van der Waals surface area contributed by atoms with Crippen LogP contribution in [0, 0.1) is 13.8 Å². The van der Waals surface area contributed by atoms with Crippen molar-refractivity contribution in [2.24, 2.45) is 0 Å². The van der Waals surface area contributed by atoms with Crippen molar-refractivity contribution in [3.63, 3.8) is 0 Å². The van der Waals surface area contributed by atoms with E-state index in [0.29, 0.717) is 0 Å². The minimum Gasteiger partial charge on any atom is -0.454 e. The van der Waals surface area contributed by atoms with E-state index in [0.717, 1.165) is 33.7 Å². The fourth-order valence-electron chi connectivity index (χ4n) is 2.79. The van der Waals surface area contributed by atoms with E-state index in [1.807, 2.05) is 30.3 Å². The van der Waals surface area contributed by atoms with E-state index in [-0.39, 0.29) is 19.2 Å². The molecule has 1 aliphatic heterocycles. The smallest absolute Gasteiger partial charge is 0.231 e. The SMILES string of the molecule is Cc1c(-c2ccccc2)nc2cc3c(cc2c1C)OCO3.Cl. The van der Waals surface area contributed by atoms with Crippen molar-refractivity contribution in [2.75, 3.05) is 6.79 Å². The van der Waals surface area contributed by atoms with Crippen LogP contribution in [-0.2, 0) is 0 Å². The Balaban J connectivity index is 0.00000144. The molecular weight excluding hydrogens is 298 g/mol. The molecule has 0 N–H and O–H groups in total. The highest BCUT2D eigenvalue weighted by Gasteiger charge is 2.18. The van der Waals surface area contributed by atoms with Gasteiger partial charge in [0.25, 0.3) is 0 Å². The zero-order chi connectivity index (χ0) is 14.4. The number of halogens is 1. The molecule has 0 atom stereocenters. The molecule has 0 amide bonds. The third-order valence-corrected chi connectivity index (χ3v) is 4.09. The predicted octanol–water partition coefficient (Wildman–Crippen LogP) is 4.67. The number of nitrogens with zero attached hydrogens (tertiary/aromatic N) is 1. The van der Waals surface area contributed by atoms with Crippen LogP contribution in [0.5, 0.6) is 11.5 Å². The third-order valence-electron chi connectivity index (χ3n) is 4.09. The van der Waals surface area contributed by atoms with Crippen LogP contribution in [0.15, 0.2) is 42.5 Å². The average molecular weight is 314 g/mol. The maximum atomic E-state index is 5.47. The summed E-state index contributed by atoms with van der Waals surface area (Å²) in [5.74, 6) is 1.58. The molecule has 2 aromatic carbocycles. The number of aromatic nitrogens is 1. The Morgan fingerprint density at radius 1 is 0.909 bits per heavy atom. The number of fused-ring (bicyclic) bond motifs is 2. The van der Waals surface area contributed by atoms with E-state index in [2.05, 4.69) is 26.0 Å². The number of benzene rings is 2. The number of aryl methyl sites for hydroxylation is 1. The van der Waals surface area contributed by atoms with Crippen LogP contribution in [0.3, 0.4) is 0 Å². The molecule has 0 saturated carbocycles. The molecule has 3 aromatic rings. The quantitative estimate of drug-likeness (QED) is 0.654. The van der Waals surface area contributed by atoms with Crippen molar-refractivity contribution in [1.82, 2.24) is 4.98 Å². The van der Waals surface area contributed by atoms with E-state index in [1.54, 1.807) is 0 Å². The summed E-state index contributed by atoms with van der Waals surface area (Å²) in [6.45, 7) is 4.54. The normalized spacial score (nSPS) is 12.3. The molecule has 0 saturated heterocycles. The molecule has 0 aliphatic carbocycles. The maximum absolute atomic E-state index is 5.47. The van der Waals surface area contributed by atoms with Crippen LogP contribution in [0.4, 0.5) is 0 Å². The van der Waals surface area contributed by atoms with Crippen LogP contribution < -0.4 is 9.47 Å². The molecule has 4 rings (SSSR count). The van der Waals surface area contributed by atoms with Gasteiger partial charge < -0.3 is 9.47 Å². The fourth-order valence-corrected chi connectivity index (χ4v) is 2.79. The van der Waals surface area contributed by atoms with Gasteiger partial charge in [0.15, 0.2) is 11.5 Å². The van der Waals surface area contributed by atoms with Crippen molar-refractivity contribution in [3.8, 4) is 22.8 Å².